The summed E-state index contributed by atoms with van der Waals surface area (Å²) >= 11 is 0. The number of carbonyl (C=O) groups is 4. The van der Waals surface area contributed by atoms with Crippen molar-refractivity contribution in [3.63, 3.8) is 0 Å². The van der Waals surface area contributed by atoms with E-state index in [-0.39, 0.29) is 29.8 Å². The second kappa shape index (κ2) is 8.32. The highest BCUT2D eigenvalue weighted by Crippen LogP contribution is 2.29. The van der Waals surface area contributed by atoms with Gasteiger partial charge in [-0.15, -0.1) is 5.10 Å². The summed E-state index contributed by atoms with van der Waals surface area (Å²) in [4.78, 5) is 52.8. The van der Waals surface area contributed by atoms with E-state index in [0.29, 0.717) is 56.6 Å². The minimum absolute atomic E-state index is 0.193. The number of imide groups is 1. The first-order chi connectivity index (χ1) is 16.2. The van der Waals surface area contributed by atoms with Crippen molar-refractivity contribution in [1.82, 2.24) is 30.1 Å². The van der Waals surface area contributed by atoms with Crippen LogP contribution in [0.5, 0.6) is 0 Å². The van der Waals surface area contributed by atoms with Crippen LogP contribution >= 0.6 is 0 Å². The third-order valence-electron chi connectivity index (χ3n) is 6.84. The Balaban J connectivity index is 1.32. The zero-order valence-corrected chi connectivity index (χ0v) is 18.9. The summed E-state index contributed by atoms with van der Waals surface area (Å²) < 4.78 is 1.45. The average molecular weight is 466 g/mol. The largest absolute Gasteiger partial charge is 0.390 e. The van der Waals surface area contributed by atoms with Crippen LogP contribution in [-0.4, -0.2) is 78.3 Å². The summed E-state index contributed by atoms with van der Waals surface area (Å²) in [7, 11) is 0. The van der Waals surface area contributed by atoms with E-state index in [2.05, 4.69) is 15.6 Å². The van der Waals surface area contributed by atoms with E-state index in [9.17, 15) is 24.3 Å². The molecule has 1 aromatic carbocycles. The van der Waals surface area contributed by atoms with Crippen molar-refractivity contribution in [3.05, 3.63) is 41.2 Å². The van der Waals surface area contributed by atoms with E-state index >= 15 is 0 Å². The topological polar surface area (TPSA) is 138 Å². The Morgan fingerprint density at radius 3 is 2.82 bits per heavy atom. The van der Waals surface area contributed by atoms with Crippen LogP contribution in [-0.2, 0) is 16.1 Å². The molecule has 34 heavy (non-hydrogen) atoms. The Kier molecular flexibility index (Phi) is 5.43. The van der Waals surface area contributed by atoms with E-state index in [1.807, 2.05) is 0 Å². The number of benzene rings is 1. The highest BCUT2D eigenvalue weighted by molar-refractivity contribution is 6.05. The summed E-state index contributed by atoms with van der Waals surface area (Å²) in [6.07, 6.45) is 3.89. The van der Waals surface area contributed by atoms with Gasteiger partial charge in [-0.25, -0.2) is 4.68 Å². The number of nitrogens with zero attached hydrogens (tertiary/aromatic N) is 5. The lowest BCUT2D eigenvalue weighted by atomic mass is 9.98. The molecular formula is C23H26N6O5. The number of amides is 4. The fourth-order valence-corrected chi connectivity index (χ4v) is 4.80. The van der Waals surface area contributed by atoms with Gasteiger partial charge in [-0.05, 0) is 50.3 Å². The van der Waals surface area contributed by atoms with Crippen LogP contribution in [0.1, 0.15) is 65.4 Å². The van der Waals surface area contributed by atoms with Gasteiger partial charge < -0.3 is 14.9 Å². The Morgan fingerprint density at radius 1 is 1.21 bits per heavy atom. The summed E-state index contributed by atoms with van der Waals surface area (Å²) in [6.45, 7) is 3.07. The molecule has 2 aromatic rings. The lowest BCUT2D eigenvalue weighted by Gasteiger charge is -2.29. The van der Waals surface area contributed by atoms with Crippen molar-refractivity contribution in [2.24, 2.45) is 0 Å². The van der Waals surface area contributed by atoms with Gasteiger partial charge in [-0.1, -0.05) is 11.3 Å². The van der Waals surface area contributed by atoms with Gasteiger partial charge in [-0.2, -0.15) is 0 Å². The molecule has 3 aliphatic heterocycles. The maximum Gasteiger partial charge on any atom is 0.276 e. The van der Waals surface area contributed by atoms with Crippen LogP contribution in [0.4, 0.5) is 0 Å². The maximum atomic E-state index is 13.0. The fourth-order valence-electron chi connectivity index (χ4n) is 4.80. The second-order valence-corrected chi connectivity index (χ2v) is 9.43. The highest BCUT2D eigenvalue weighted by atomic mass is 16.3. The molecule has 4 heterocycles. The molecule has 5 rings (SSSR count). The summed E-state index contributed by atoms with van der Waals surface area (Å²) in [5.74, 6) is -1.30. The van der Waals surface area contributed by atoms with Gasteiger partial charge in [0.15, 0.2) is 5.69 Å². The molecule has 2 unspecified atom stereocenters. The molecule has 178 valence electrons. The van der Waals surface area contributed by atoms with Gasteiger partial charge >= 0.3 is 0 Å². The van der Waals surface area contributed by atoms with Crippen molar-refractivity contribution in [1.29, 1.82) is 0 Å². The van der Waals surface area contributed by atoms with Crippen LogP contribution < -0.4 is 5.32 Å². The zero-order chi connectivity index (χ0) is 24.0. The normalized spacial score (nSPS) is 25.2. The van der Waals surface area contributed by atoms with E-state index in [1.54, 1.807) is 30.0 Å². The Hall–Kier alpha value is -3.60. The second-order valence-electron chi connectivity index (χ2n) is 9.43. The van der Waals surface area contributed by atoms with Gasteiger partial charge in [0.25, 0.3) is 11.8 Å². The number of aliphatic hydroxyl groups is 1. The van der Waals surface area contributed by atoms with E-state index in [0.717, 1.165) is 5.56 Å². The Labute approximate surface area is 195 Å². The quantitative estimate of drug-likeness (QED) is 0.625. The molecule has 2 atom stereocenters. The number of nitrogens with one attached hydrogen (secondary N) is 1. The van der Waals surface area contributed by atoms with Crippen LogP contribution in [0.15, 0.2) is 24.4 Å². The van der Waals surface area contributed by atoms with Crippen molar-refractivity contribution in [3.8, 4) is 5.69 Å². The minimum atomic E-state index is -0.773. The third kappa shape index (κ3) is 4.07. The molecule has 2 fully saturated rings. The number of rotatable bonds is 3. The van der Waals surface area contributed by atoms with E-state index in [1.165, 1.54) is 15.8 Å². The van der Waals surface area contributed by atoms with Crippen LogP contribution in [0, 0.1) is 0 Å². The molecule has 4 amide bonds. The van der Waals surface area contributed by atoms with Crippen molar-refractivity contribution < 1.29 is 24.3 Å². The molecule has 1 aromatic heterocycles. The zero-order valence-electron chi connectivity index (χ0n) is 18.9. The monoisotopic (exact) mass is 466 g/mol. The number of hydrogen-bond donors (Lipinski definition) is 2. The van der Waals surface area contributed by atoms with E-state index < -0.39 is 17.6 Å². The molecule has 0 saturated carbocycles. The van der Waals surface area contributed by atoms with Crippen LogP contribution in [0.2, 0.25) is 0 Å². The first-order valence-electron chi connectivity index (χ1n) is 11.4. The first-order valence-corrected chi connectivity index (χ1v) is 11.4. The van der Waals surface area contributed by atoms with E-state index in [4.69, 9.17) is 0 Å². The summed E-state index contributed by atoms with van der Waals surface area (Å²) in [6, 6.07) is 4.59. The minimum Gasteiger partial charge on any atom is -0.390 e. The van der Waals surface area contributed by atoms with Crippen molar-refractivity contribution in [2.75, 3.05) is 13.1 Å². The fraction of sp³-hybridized carbons (Fsp3) is 0.478. The van der Waals surface area contributed by atoms with Gasteiger partial charge in [-0.3, -0.25) is 24.5 Å². The summed E-state index contributed by atoms with van der Waals surface area (Å²) in [5, 5.41) is 20.7. The molecule has 11 nitrogen and oxygen atoms in total. The number of carbonyl (C=O) groups excluding carboxylic acids is 4. The molecular weight excluding hydrogens is 440 g/mol. The van der Waals surface area contributed by atoms with Crippen LogP contribution in [0.25, 0.3) is 5.69 Å². The number of hydrogen-bond acceptors (Lipinski definition) is 7. The molecule has 0 bridgehead atoms. The maximum absolute atomic E-state index is 13.0. The standard InChI is InChI=1S/C23H26N6O5/c1-23(34)7-2-9-27(10-8-23)22(33)17-13-29(26-25-17)15-4-3-14-12-28(21(32)16(14)11-15)18-5-6-19(30)24-20(18)31/h3-4,11,13,18,34H,2,5-10,12H2,1H3,(H,24,30,31). The number of fused-ring (bicyclic) bond motifs is 1. The SMILES string of the molecule is CC1(O)CCCN(C(=O)c2cn(-c3ccc4c(c3)C(=O)N(C3CCC(=O)NC3=O)C4)nn2)CC1. The highest BCUT2D eigenvalue weighted by Gasteiger charge is 2.39. The van der Waals surface area contributed by atoms with Gasteiger partial charge in [0, 0.05) is 31.6 Å². The smallest absolute Gasteiger partial charge is 0.276 e. The number of likely N-dealkylation sites (tertiary alicyclic amines) is 1. The molecule has 0 radical (unpaired) electrons. The summed E-state index contributed by atoms with van der Waals surface area (Å²) in [5.41, 5.74) is 1.23. The lowest BCUT2D eigenvalue weighted by molar-refractivity contribution is -0.136. The van der Waals surface area contributed by atoms with Crippen LogP contribution in [0.3, 0.4) is 0 Å². The molecule has 0 aliphatic carbocycles. The van der Waals surface area contributed by atoms with Gasteiger partial charge in [0.05, 0.1) is 17.5 Å². The van der Waals surface area contributed by atoms with Gasteiger partial charge in [0.1, 0.15) is 6.04 Å². The number of aromatic nitrogens is 3. The Bertz CT molecular complexity index is 1190. The molecule has 11 heteroatoms. The van der Waals surface area contributed by atoms with Crippen molar-refractivity contribution >= 4 is 23.6 Å². The lowest BCUT2D eigenvalue weighted by Crippen LogP contribution is -2.52. The number of piperidine rings is 1. The third-order valence-corrected chi connectivity index (χ3v) is 6.84. The first kappa shape index (κ1) is 22.2. The molecule has 2 N–H and O–H groups in total. The molecule has 3 aliphatic rings. The van der Waals surface area contributed by atoms with Gasteiger partial charge in [0.2, 0.25) is 11.8 Å². The average Bonchev–Trinajstić information content (AvgIpc) is 3.36. The molecule has 0 spiro atoms. The predicted molar refractivity (Wildman–Crippen MR) is 118 cm³/mol. The Morgan fingerprint density at radius 2 is 2.03 bits per heavy atom. The molecule has 2 saturated heterocycles. The van der Waals surface area contributed by atoms with Crippen molar-refractivity contribution in [2.45, 2.75) is 57.2 Å². The predicted octanol–water partition coefficient (Wildman–Crippen LogP) is 0.405.